The van der Waals surface area contributed by atoms with Gasteiger partial charge in [-0.25, -0.2) is 0 Å². The summed E-state index contributed by atoms with van der Waals surface area (Å²) in [4.78, 5) is 1.33. The van der Waals surface area contributed by atoms with E-state index in [0.717, 1.165) is 0 Å². The Bertz CT molecular complexity index is 446. The van der Waals surface area contributed by atoms with Crippen molar-refractivity contribution >= 4 is 11.8 Å². The second-order valence-electron chi connectivity index (χ2n) is 3.55. The Balaban J connectivity index is 2.46. The van der Waals surface area contributed by atoms with E-state index in [1.807, 2.05) is 0 Å². The van der Waals surface area contributed by atoms with Gasteiger partial charge in [-0.1, -0.05) is 36.4 Å². The Morgan fingerprint density at radius 2 is 1.67 bits per heavy atom. The Kier molecular flexibility index (Phi) is 3.12. The number of thioether (sulfide) groups is 1. The average Bonchev–Trinajstić information content (AvgIpc) is 2.30. The Morgan fingerprint density at radius 3 is 2.27 bits per heavy atom. The molecule has 0 aliphatic heterocycles. The minimum absolute atomic E-state index is 1.29. The van der Waals surface area contributed by atoms with E-state index in [1.165, 1.54) is 21.6 Å². The van der Waals surface area contributed by atoms with Crippen LogP contribution in [0, 0.1) is 6.92 Å². The van der Waals surface area contributed by atoms with Gasteiger partial charge in [-0.3, -0.25) is 0 Å². The lowest BCUT2D eigenvalue weighted by molar-refractivity contribution is 1.36. The van der Waals surface area contributed by atoms with Crippen LogP contribution in [0.4, 0.5) is 0 Å². The largest absolute Gasteiger partial charge is 0.130 e. The number of hydrogen-bond donors (Lipinski definition) is 0. The van der Waals surface area contributed by atoms with Crippen molar-refractivity contribution in [3.63, 3.8) is 0 Å². The maximum absolute atomic E-state index is 2.24. The van der Waals surface area contributed by atoms with Crippen molar-refractivity contribution in [2.75, 3.05) is 6.26 Å². The summed E-state index contributed by atoms with van der Waals surface area (Å²) in [6.45, 7) is 2.17. The predicted molar refractivity (Wildman–Crippen MR) is 68.4 cm³/mol. The highest BCUT2D eigenvalue weighted by Gasteiger charge is 2.01. The lowest BCUT2D eigenvalue weighted by atomic mass is 10.0. The quantitative estimate of drug-likeness (QED) is 0.668. The van der Waals surface area contributed by atoms with Gasteiger partial charge in [0.05, 0.1) is 0 Å². The van der Waals surface area contributed by atoms with E-state index < -0.39 is 0 Å². The zero-order chi connectivity index (χ0) is 10.7. The van der Waals surface area contributed by atoms with Gasteiger partial charge < -0.3 is 0 Å². The molecule has 0 saturated carbocycles. The van der Waals surface area contributed by atoms with Crippen molar-refractivity contribution < 1.29 is 0 Å². The van der Waals surface area contributed by atoms with Crippen molar-refractivity contribution in [1.82, 2.24) is 0 Å². The van der Waals surface area contributed by atoms with Gasteiger partial charge >= 0.3 is 0 Å². The van der Waals surface area contributed by atoms with Crippen LogP contribution in [0.2, 0.25) is 0 Å². The van der Waals surface area contributed by atoms with Crippen molar-refractivity contribution in [1.29, 1.82) is 0 Å². The lowest BCUT2D eigenvalue weighted by Gasteiger charge is -2.07. The molecule has 15 heavy (non-hydrogen) atoms. The molecule has 0 nitrogen and oxygen atoms in total. The molecule has 2 aromatic rings. The van der Waals surface area contributed by atoms with Crippen LogP contribution < -0.4 is 0 Å². The van der Waals surface area contributed by atoms with Gasteiger partial charge in [-0.05, 0) is 42.0 Å². The minimum Gasteiger partial charge on any atom is -0.130 e. The Hall–Kier alpha value is -1.21. The lowest BCUT2D eigenvalue weighted by Crippen LogP contribution is -1.83. The molecule has 0 fully saturated rings. The number of benzene rings is 2. The maximum Gasteiger partial charge on any atom is 0.00721 e. The fourth-order valence-corrected chi connectivity index (χ4v) is 2.20. The van der Waals surface area contributed by atoms with Crippen LogP contribution in [0.25, 0.3) is 11.1 Å². The third-order valence-corrected chi connectivity index (χ3v) is 3.24. The third kappa shape index (κ3) is 2.24. The molecule has 0 amide bonds. The zero-order valence-electron chi connectivity index (χ0n) is 9.03. The molecule has 0 aliphatic rings. The molecule has 1 heteroatoms. The van der Waals surface area contributed by atoms with Crippen LogP contribution in [0.3, 0.4) is 0 Å². The van der Waals surface area contributed by atoms with Gasteiger partial charge in [-0.2, -0.15) is 0 Å². The first kappa shape index (κ1) is 10.3. The molecule has 0 aromatic heterocycles. The molecule has 0 unspecified atom stereocenters. The molecule has 0 atom stereocenters. The first-order valence-electron chi connectivity index (χ1n) is 5.01. The zero-order valence-corrected chi connectivity index (χ0v) is 9.84. The molecule has 0 heterocycles. The summed E-state index contributed by atoms with van der Waals surface area (Å²) in [5.74, 6) is 0. The fraction of sp³-hybridized carbons (Fsp3) is 0.143. The van der Waals surface area contributed by atoms with E-state index in [1.54, 1.807) is 11.8 Å². The van der Waals surface area contributed by atoms with Crippen molar-refractivity contribution in [2.45, 2.75) is 11.8 Å². The molecular weight excluding hydrogens is 200 g/mol. The molecule has 0 saturated heterocycles. The van der Waals surface area contributed by atoms with Crippen molar-refractivity contribution in [2.24, 2.45) is 0 Å². The maximum atomic E-state index is 2.24. The highest BCUT2D eigenvalue weighted by molar-refractivity contribution is 7.98. The molecule has 0 aliphatic carbocycles. The van der Waals surface area contributed by atoms with E-state index in [9.17, 15) is 0 Å². The van der Waals surface area contributed by atoms with Crippen LogP contribution in [-0.4, -0.2) is 6.26 Å². The molecule has 76 valence electrons. The molecule has 0 bridgehead atoms. The van der Waals surface area contributed by atoms with Gasteiger partial charge in [0.15, 0.2) is 0 Å². The van der Waals surface area contributed by atoms with E-state index in [-0.39, 0.29) is 0 Å². The first-order chi connectivity index (χ1) is 7.31. The summed E-state index contributed by atoms with van der Waals surface area (Å²) < 4.78 is 0. The van der Waals surface area contributed by atoms with E-state index in [0.29, 0.717) is 0 Å². The number of aryl methyl sites for hydroxylation is 1. The summed E-state index contributed by atoms with van der Waals surface area (Å²) in [5.41, 5.74) is 3.96. The van der Waals surface area contributed by atoms with E-state index in [4.69, 9.17) is 0 Å². The highest BCUT2D eigenvalue weighted by atomic mass is 32.2. The van der Waals surface area contributed by atoms with Crippen molar-refractivity contribution in [3.05, 3.63) is 54.1 Å². The summed E-state index contributed by atoms with van der Waals surface area (Å²) in [6, 6.07) is 17.1. The van der Waals surface area contributed by atoms with Crippen LogP contribution >= 0.6 is 11.8 Å². The Labute approximate surface area is 95.3 Å². The highest BCUT2D eigenvalue weighted by Crippen LogP contribution is 2.26. The Morgan fingerprint density at radius 1 is 0.933 bits per heavy atom. The summed E-state index contributed by atoms with van der Waals surface area (Å²) in [6.07, 6.45) is 2.11. The number of hydrogen-bond acceptors (Lipinski definition) is 1. The van der Waals surface area contributed by atoms with Crippen LogP contribution in [0.1, 0.15) is 5.56 Å². The molecule has 0 spiro atoms. The molecule has 2 aromatic carbocycles. The van der Waals surface area contributed by atoms with E-state index in [2.05, 4.69) is 61.7 Å². The van der Waals surface area contributed by atoms with Gasteiger partial charge in [0, 0.05) is 4.90 Å². The van der Waals surface area contributed by atoms with Gasteiger partial charge in [-0.15, -0.1) is 11.8 Å². The second-order valence-corrected chi connectivity index (χ2v) is 4.43. The number of rotatable bonds is 2. The summed E-state index contributed by atoms with van der Waals surface area (Å²) in [7, 11) is 0. The van der Waals surface area contributed by atoms with Crippen LogP contribution in [0.5, 0.6) is 0 Å². The standard InChI is InChI=1S/C14H14S/c1-11-10-13(15-2)8-9-14(11)12-6-4-3-5-7-12/h3-10H,1-2H3. The molecule has 0 radical (unpaired) electrons. The average molecular weight is 214 g/mol. The van der Waals surface area contributed by atoms with Crippen LogP contribution in [0.15, 0.2) is 53.4 Å². The second kappa shape index (κ2) is 4.54. The normalized spacial score (nSPS) is 10.3. The molecule has 2 rings (SSSR count). The van der Waals surface area contributed by atoms with Crippen molar-refractivity contribution in [3.8, 4) is 11.1 Å². The molecular formula is C14H14S. The monoisotopic (exact) mass is 214 g/mol. The topological polar surface area (TPSA) is 0 Å². The van der Waals surface area contributed by atoms with Gasteiger partial charge in [0.2, 0.25) is 0 Å². The first-order valence-corrected chi connectivity index (χ1v) is 6.24. The summed E-state index contributed by atoms with van der Waals surface area (Å²) >= 11 is 1.79. The van der Waals surface area contributed by atoms with Gasteiger partial charge in [0.1, 0.15) is 0 Å². The minimum atomic E-state index is 1.29. The molecule has 0 N–H and O–H groups in total. The smallest absolute Gasteiger partial charge is 0.00721 e. The summed E-state index contributed by atoms with van der Waals surface area (Å²) in [5, 5.41) is 0. The predicted octanol–water partition coefficient (Wildman–Crippen LogP) is 4.38. The van der Waals surface area contributed by atoms with Gasteiger partial charge in [0.25, 0.3) is 0 Å². The SMILES string of the molecule is CSc1ccc(-c2ccccc2)c(C)c1. The fourth-order valence-electron chi connectivity index (χ4n) is 1.70. The van der Waals surface area contributed by atoms with Crippen LogP contribution in [-0.2, 0) is 0 Å². The van der Waals surface area contributed by atoms with E-state index >= 15 is 0 Å². The third-order valence-electron chi connectivity index (χ3n) is 2.52.